The molecule has 5 heteroatoms. The minimum Gasteiger partial charge on any atom is -0.491 e. The van der Waals surface area contributed by atoms with Crippen LogP contribution in [0.3, 0.4) is 0 Å². The summed E-state index contributed by atoms with van der Waals surface area (Å²) in [5.74, 6) is 0.456. The number of aliphatic hydroxyl groups excluding tert-OH is 1. The molecule has 0 heterocycles. The first-order chi connectivity index (χ1) is 9.08. The van der Waals surface area contributed by atoms with Gasteiger partial charge in [-0.05, 0) is 37.6 Å². The lowest BCUT2D eigenvalue weighted by atomic mass is 10.2. The number of nitrogens with one attached hydrogen (secondary N) is 1. The maximum Gasteiger partial charge on any atom is 0.217 e. The monoisotopic (exact) mass is 266 g/mol. The molecule has 0 fully saturated rings. The molecule has 0 radical (unpaired) electrons. The number of nitrogens with two attached hydrogens (primary N) is 1. The Labute approximate surface area is 113 Å². The third kappa shape index (κ3) is 7.43. The summed E-state index contributed by atoms with van der Waals surface area (Å²) in [4.78, 5) is 10.5. The van der Waals surface area contributed by atoms with Gasteiger partial charge in [-0.15, -0.1) is 0 Å². The Kier molecular flexibility index (Phi) is 6.92. The fraction of sp³-hybridized carbons (Fsp3) is 0.500. The molecule has 1 aromatic carbocycles. The third-order valence-electron chi connectivity index (χ3n) is 2.59. The summed E-state index contributed by atoms with van der Waals surface area (Å²) in [5.41, 5.74) is 6.14. The molecule has 0 aliphatic carbocycles. The van der Waals surface area contributed by atoms with Gasteiger partial charge in [-0.3, -0.25) is 4.79 Å². The number of aryl methyl sites for hydroxylation is 1. The third-order valence-corrected chi connectivity index (χ3v) is 2.59. The van der Waals surface area contributed by atoms with Gasteiger partial charge in [-0.25, -0.2) is 0 Å². The topological polar surface area (TPSA) is 84.6 Å². The number of amides is 1. The van der Waals surface area contributed by atoms with Gasteiger partial charge in [0.05, 0.1) is 0 Å². The minimum atomic E-state index is -0.575. The summed E-state index contributed by atoms with van der Waals surface area (Å²) in [7, 11) is 0. The van der Waals surface area contributed by atoms with E-state index in [1.807, 2.05) is 31.2 Å². The minimum absolute atomic E-state index is 0.242. The molecule has 0 bridgehead atoms. The van der Waals surface area contributed by atoms with Crippen LogP contribution in [0.15, 0.2) is 24.3 Å². The van der Waals surface area contributed by atoms with Gasteiger partial charge in [0.15, 0.2) is 0 Å². The smallest absolute Gasteiger partial charge is 0.217 e. The number of primary amides is 1. The van der Waals surface area contributed by atoms with Crippen LogP contribution >= 0.6 is 0 Å². The maximum absolute atomic E-state index is 10.5. The SMILES string of the molecule is Cc1cccc(OCC(O)CNCCCC(N)=O)c1. The largest absolute Gasteiger partial charge is 0.491 e. The van der Waals surface area contributed by atoms with E-state index < -0.39 is 6.10 Å². The number of ether oxygens (including phenoxy) is 1. The number of carbonyl (C=O) groups is 1. The van der Waals surface area contributed by atoms with E-state index in [0.29, 0.717) is 25.9 Å². The van der Waals surface area contributed by atoms with Crippen LogP contribution in [0.2, 0.25) is 0 Å². The van der Waals surface area contributed by atoms with Crippen LogP contribution in [0.4, 0.5) is 0 Å². The van der Waals surface area contributed by atoms with Crippen molar-refractivity contribution in [2.24, 2.45) is 5.73 Å². The van der Waals surface area contributed by atoms with Crippen LogP contribution in [0.5, 0.6) is 5.75 Å². The number of aliphatic hydroxyl groups is 1. The van der Waals surface area contributed by atoms with Crippen LogP contribution in [0, 0.1) is 6.92 Å². The molecule has 1 rings (SSSR count). The van der Waals surface area contributed by atoms with E-state index in [9.17, 15) is 9.90 Å². The summed E-state index contributed by atoms with van der Waals surface area (Å²) in [6.07, 6.45) is 0.470. The van der Waals surface area contributed by atoms with Gasteiger partial charge in [0, 0.05) is 13.0 Å². The quantitative estimate of drug-likeness (QED) is 0.571. The van der Waals surface area contributed by atoms with Gasteiger partial charge in [0.25, 0.3) is 0 Å². The first-order valence-electron chi connectivity index (χ1n) is 6.44. The maximum atomic E-state index is 10.5. The number of benzene rings is 1. The van der Waals surface area contributed by atoms with Gasteiger partial charge in [-0.2, -0.15) is 0 Å². The van der Waals surface area contributed by atoms with E-state index in [-0.39, 0.29) is 12.5 Å². The molecular weight excluding hydrogens is 244 g/mol. The second kappa shape index (κ2) is 8.50. The Balaban J connectivity index is 2.11. The Hall–Kier alpha value is -1.59. The Morgan fingerprint density at radius 1 is 1.53 bits per heavy atom. The molecule has 106 valence electrons. The average Bonchev–Trinajstić information content (AvgIpc) is 2.35. The van der Waals surface area contributed by atoms with E-state index in [1.165, 1.54) is 0 Å². The zero-order valence-corrected chi connectivity index (χ0v) is 11.3. The molecule has 0 spiro atoms. The van der Waals surface area contributed by atoms with Gasteiger partial charge in [0.1, 0.15) is 18.5 Å². The van der Waals surface area contributed by atoms with Gasteiger partial charge >= 0.3 is 0 Å². The highest BCUT2D eigenvalue weighted by Crippen LogP contribution is 2.12. The van der Waals surface area contributed by atoms with Crippen molar-refractivity contribution in [3.63, 3.8) is 0 Å². The normalized spacial score (nSPS) is 12.1. The Bertz CT molecular complexity index is 396. The number of hydrogen-bond acceptors (Lipinski definition) is 4. The van der Waals surface area contributed by atoms with Gasteiger partial charge in [-0.1, -0.05) is 12.1 Å². The van der Waals surface area contributed by atoms with Gasteiger partial charge < -0.3 is 20.9 Å². The number of carbonyl (C=O) groups excluding carboxylic acids is 1. The summed E-state index contributed by atoms with van der Waals surface area (Å²) in [6, 6.07) is 7.69. The highest BCUT2D eigenvalue weighted by Gasteiger charge is 2.05. The molecule has 4 N–H and O–H groups in total. The predicted octanol–water partition coefficient (Wildman–Crippen LogP) is 0.590. The van der Waals surface area contributed by atoms with E-state index >= 15 is 0 Å². The molecule has 0 saturated heterocycles. The predicted molar refractivity (Wildman–Crippen MR) is 74.0 cm³/mol. The lowest BCUT2D eigenvalue weighted by Gasteiger charge is -2.13. The summed E-state index contributed by atoms with van der Waals surface area (Å²) in [5, 5.41) is 12.8. The summed E-state index contributed by atoms with van der Waals surface area (Å²) < 4.78 is 5.48. The van der Waals surface area contributed by atoms with Crippen molar-refractivity contribution in [2.75, 3.05) is 19.7 Å². The van der Waals surface area contributed by atoms with Crippen molar-refractivity contribution in [3.05, 3.63) is 29.8 Å². The van der Waals surface area contributed by atoms with E-state index in [2.05, 4.69) is 5.32 Å². The standard InChI is InChI=1S/C14H22N2O3/c1-11-4-2-5-13(8-11)19-10-12(17)9-16-7-3-6-14(15)18/h2,4-5,8,12,16-17H,3,6-7,9-10H2,1H3,(H2,15,18). The lowest BCUT2D eigenvalue weighted by molar-refractivity contribution is -0.118. The molecule has 19 heavy (non-hydrogen) atoms. The summed E-state index contributed by atoms with van der Waals surface area (Å²) >= 11 is 0. The second-order valence-electron chi connectivity index (χ2n) is 4.56. The molecule has 1 amide bonds. The molecular formula is C14H22N2O3. The fourth-order valence-electron chi connectivity index (χ4n) is 1.61. The van der Waals surface area contributed by atoms with Crippen molar-refractivity contribution in [1.82, 2.24) is 5.32 Å². The Morgan fingerprint density at radius 3 is 3.00 bits per heavy atom. The van der Waals surface area contributed by atoms with Gasteiger partial charge in [0.2, 0.25) is 5.91 Å². The zero-order valence-electron chi connectivity index (χ0n) is 11.3. The molecule has 0 aromatic heterocycles. The molecule has 1 atom stereocenters. The number of hydrogen-bond donors (Lipinski definition) is 3. The van der Waals surface area contributed by atoms with E-state index in [4.69, 9.17) is 10.5 Å². The number of rotatable bonds is 9. The van der Waals surface area contributed by atoms with E-state index in [0.717, 1.165) is 11.3 Å². The first kappa shape index (κ1) is 15.5. The highest BCUT2D eigenvalue weighted by atomic mass is 16.5. The molecule has 1 unspecified atom stereocenters. The van der Waals surface area contributed by atoms with Crippen LogP contribution in [0.25, 0.3) is 0 Å². The molecule has 0 saturated carbocycles. The van der Waals surface area contributed by atoms with Crippen molar-refractivity contribution in [1.29, 1.82) is 0 Å². The van der Waals surface area contributed by atoms with Crippen molar-refractivity contribution >= 4 is 5.91 Å². The highest BCUT2D eigenvalue weighted by molar-refractivity contribution is 5.73. The van der Waals surface area contributed by atoms with E-state index in [1.54, 1.807) is 0 Å². The first-order valence-corrected chi connectivity index (χ1v) is 6.44. The Morgan fingerprint density at radius 2 is 2.32 bits per heavy atom. The van der Waals surface area contributed by atoms with Crippen molar-refractivity contribution in [2.45, 2.75) is 25.9 Å². The molecule has 5 nitrogen and oxygen atoms in total. The lowest BCUT2D eigenvalue weighted by Crippen LogP contribution is -2.32. The molecule has 1 aromatic rings. The van der Waals surface area contributed by atoms with Crippen LogP contribution < -0.4 is 15.8 Å². The summed E-state index contributed by atoms with van der Waals surface area (Å²) in [6.45, 7) is 3.32. The molecule has 0 aliphatic heterocycles. The molecule has 0 aliphatic rings. The average molecular weight is 266 g/mol. The van der Waals surface area contributed by atoms with Crippen molar-refractivity contribution in [3.8, 4) is 5.75 Å². The van der Waals surface area contributed by atoms with Crippen molar-refractivity contribution < 1.29 is 14.6 Å². The van der Waals surface area contributed by atoms with Crippen LogP contribution in [-0.4, -0.2) is 36.8 Å². The second-order valence-corrected chi connectivity index (χ2v) is 4.56. The fourth-order valence-corrected chi connectivity index (χ4v) is 1.61. The zero-order chi connectivity index (χ0) is 14.1. The van der Waals surface area contributed by atoms with Crippen LogP contribution in [-0.2, 0) is 4.79 Å². The van der Waals surface area contributed by atoms with Crippen LogP contribution in [0.1, 0.15) is 18.4 Å².